The largest absolute Gasteiger partial charge is 0.383 e. The Morgan fingerprint density at radius 1 is 1.19 bits per heavy atom. The lowest BCUT2D eigenvalue weighted by molar-refractivity contribution is -0.140. The molecule has 0 saturated carbocycles. The number of fused-ring (bicyclic) bond motifs is 1. The second-order valence-electron chi connectivity index (χ2n) is 7.81. The van der Waals surface area contributed by atoms with Crippen molar-refractivity contribution in [1.82, 2.24) is 19.8 Å². The summed E-state index contributed by atoms with van der Waals surface area (Å²) in [5, 5.41) is 4.25. The number of hydrogen-bond donors (Lipinski definition) is 2. The topological polar surface area (TPSA) is 104 Å². The van der Waals surface area contributed by atoms with E-state index in [9.17, 15) is 9.59 Å². The van der Waals surface area contributed by atoms with E-state index in [4.69, 9.17) is 17.3 Å². The van der Waals surface area contributed by atoms with Gasteiger partial charge in [0, 0.05) is 35.7 Å². The molecule has 1 aromatic heterocycles. The maximum atomic E-state index is 13.3. The predicted octanol–water partition coefficient (Wildman–Crippen LogP) is 3.91. The smallest absolute Gasteiger partial charge is 0.322 e. The van der Waals surface area contributed by atoms with Gasteiger partial charge in [-0.1, -0.05) is 31.0 Å². The van der Waals surface area contributed by atoms with Gasteiger partial charge < -0.3 is 20.9 Å². The summed E-state index contributed by atoms with van der Waals surface area (Å²) in [5.41, 5.74) is 8.25. The number of rotatable bonds is 5. The Bertz CT molecular complexity index is 1140. The normalized spacial score (nSPS) is 16.4. The third-order valence-electron chi connectivity index (χ3n) is 5.61. The zero-order valence-corrected chi connectivity index (χ0v) is 18.5. The van der Waals surface area contributed by atoms with Gasteiger partial charge in [-0.25, -0.2) is 14.8 Å². The number of amides is 3. The minimum Gasteiger partial charge on any atom is -0.383 e. The van der Waals surface area contributed by atoms with Crippen molar-refractivity contribution in [1.29, 1.82) is 0 Å². The number of carbonyl (C=O) groups excluding carboxylic acids is 2. The maximum absolute atomic E-state index is 13.3. The van der Waals surface area contributed by atoms with E-state index in [-0.39, 0.29) is 11.9 Å². The Morgan fingerprint density at radius 2 is 1.97 bits per heavy atom. The molecule has 3 aromatic rings. The molecule has 3 N–H and O–H groups in total. The third kappa shape index (κ3) is 4.60. The Kier molecular flexibility index (Phi) is 6.41. The van der Waals surface area contributed by atoms with Gasteiger partial charge in [0.15, 0.2) is 0 Å². The molecule has 166 valence electrons. The van der Waals surface area contributed by atoms with Gasteiger partial charge >= 0.3 is 6.03 Å². The molecule has 1 aliphatic rings. The summed E-state index contributed by atoms with van der Waals surface area (Å²) in [6.45, 7) is 3.37. The maximum Gasteiger partial charge on any atom is 0.322 e. The molecule has 1 unspecified atom stereocenters. The van der Waals surface area contributed by atoms with Crippen LogP contribution in [0.2, 0.25) is 5.02 Å². The SMILES string of the molecule is CCCC1C(=O)N(Cc2ccc3c(N)ncnc3c2)CCN1C(=O)Nc1ccc(Cl)cc1. The van der Waals surface area contributed by atoms with E-state index >= 15 is 0 Å². The van der Waals surface area contributed by atoms with E-state index in [1.165, 1.54) is 6.33 Å². The fraction of sp³-hybridized carbons (Fsp3) is 0.304. The van der Waals surface area contributed by atoms with E-state index in [0.29, 0.717) is 42.6 Å². The molecule has 1 atom stereocenters. The van der Waals surface area contributed by atoms with E-state index in [1.807, 2.05) is 25.1 Å². The molecule has 1 fully saturated rings. The summed E-state index contributed by atoms with van der Waals surface area (Å²) < 4.78 is 0. The quantitative estimate of drug-likeness (QED) is 0.610. The van der Waals surface area contributed by atoms with Gasteiger partial charge in [0.2, 0.25) is 5.91 Å². The Hall–Kier alpha value is -3.39. The van der Waals surface area contributed by atoms with Crippen LogP contribution in [0, 0.1) is 0 Å². The molecule has 8 nitrogen and oxygen atoms in total. The highest BCUT2D eigenvalue weighted by Crippen LogP contribution is 2.23. The molecule has 0 spiro atoms. The lowest BCUT2D eigenvalue weighted by Crippen LogP contribution is -2.59. The Morgan fingerprint density at radius 3 is 2.72 bits per heavy atom. The van der Waals surface area contributed by atoms with Gasteiger partial charge in [0.1, 0.15) is 18.2 Å². The highest BCUT2D eigenvalue weighted by atomic mass is 35.5. The van der Waals surface area contributed by atoms with Crippen LogP contribution < -0.4 is 11.1 Å². The molecule has 1 aliphatic heterocycles. The zero-order chi connectivity index (χ0) is 22.7. The van der Waals surface area contributed by atoms with E-state index in [0.717, 1.165) is 22.9 Å². The number of nitrogens with one attached hydrogen (secondary N) is 1. The molecule has 4 rings (SSSR count). The minimum atomic E-state index is -0.500. The number of hydrogen-bond acceptors (Lipinski definition) is 5. The summed E-state index contributed by atoms with van der Waals surface area (Å²) in [5.74, 6) is 0.382. The monoisotopic (exact) mass is 452 g/mol. The molecule has 32 heavy (non-hydrogen) atoms. The first kappa shape index (κ1) is 21.8. The first-order valence-electron chi connectivity index (χ1n) is 10.6. The van der Waals surface area contributed by atoms with Crippen molar-refractivity contribution in [3.8, 4) is 0 Å². The van der Waals surface area contributed by atoms with Gasteiger partial charge in [0.05, 0.1) is 5.52 Å². The van der Waals surface area contributed by atoms with Crippen molar-refractivity contribution < 1.29 is 9.59 Å². The number of urea groups is 1. The van der Waals surface area contributed by atoms with Crippen molar-refractivity contribution in [2.45, 2.75) is 32.4 Å². The number of benzene rings is 2. The molecule has 0 bridgehead atoms. The fourth-order valence-electron chi connectivity index (χ4n) is 3.96. The highest BCUT2D eigenvalue weighted by Gasteiger charge is 2.36. The summed E-state index contributed by atoms with van der Waals surface area (Å²) in [4.78, 5) is 37.9. The van der Waals surface area contributed by atoms with Crippen LogP contribution in [0.15, 0.2) is 48.8 Å². The van der Waals surface area contributed by atoms with Gasteiger partial charge in [0.25, 0.3) is 0 Å². The van der Waals surface area contributed by atoms with Crippen molar-refractivity contribution in [2.24, 2.45) is 0 Å². The van der Waals surface area contributed by atoms with Crippen molar-refractivity contribution in [3.63, 3.8) is 0 Å². The van der Waals surface area contributed by atoms with Crippen LogP contribution in [-0.2, 0) is 11.3 Å². The Balaban J connectivity index is 1.48. The third-order valence-corrected chi connectivity index (χ3v) is 5.86. The second-order valence-corrected chi connectivity index (χ2v) is 8.24. The number of piperazine rings is 1. The number of nitrogen functional groups attached to an aromatic ring is 1. The standard InChI is InChI=1S/C23H25ClN6O2/c1-2-3-20-22(31)29(13-15-4-9-18-19(12-15)26-14-27-21(18)25)10-11-30(20)23(32)28-17-7-5-16(24)6-8-17/h4-9,12,14,20H,2-3,10-11,13H2,1H3,(H,28,32)(H2,25,26,27). The van der Waals surface area contributed by atoms with Crippen molar-refractivity contribution in [2.75, 3.05) is 24.1 Å². The van der Waals surface area contributed by atoms with Crippen LogP contribution in [0.4, 0.5) is 16.3 Å². The highest BCUT2D eigenvalue weighted by molar-refractivity contribution is 6.30. The van der Waals surface area contributed by atoms with Crippen molar-refractivity contribution >= 4 is 45.9 Å². The molecule has 0 aliphatic carbocycles. The molecule has 3 amide bonds. The number of nitrogens with two attached hydrogens (primary N) is 1. The van der Waals surface area contributed by atoms with Gasteiger partial charge in [-0.05, 0) is 48.4 Å². The minimum absolute atomic E-state index is 0.0494. The number of anilines is 2. The van der Waals surface area contributed by atoms with Crippen LogP contribution >= 0.6 is 11.6 Å². The lowest BCUT2D eigenvalue weighted by Gasteiger charge is -2.40. The molecule has 2 aromatic carbocycles. The number of nitrogens with zero attached hydrogens (tertiary/aromatic N) is 4. The average Bonchev–Trinajstić information content (AvgIpc) is 2.78. The summed E-state index contributed by atoms with van der Waals surface area (Å²) in [6, 6.07) is 11.9. The molecule has 9 heteroatoms. The first-order valence-corrected chi connectivity index (χ1v) is 10.9. The van der Waals surface area contributed by atoms with Crippen LogP contribution in [-0.4, -0.2) is 50.8 Å². The average molecular weight is 453 g/mol. The van der Waals surface area contributed by atoms with Gasteiger partial charge in [-0.2, -0.15) is 0 Å². The van der Waals surface area contributed by atoms with Gasteiger partial charge in [-0.3, -0.25) is 4.79 Å². The summed E-state index contributed by atoms with van der Waals surface area (Å²) in [7, 11) is 0. The van der Waals surface area contributed by atoms with E-state index < -0.39 is 6.04 Å². The molecular weight excluding hydrogens is 428 g/mol. The van der Waals surface area contributed by atoms with Crippen LogP contribution in [0.1, 0.15) is 25.3 Å². The first-order chi connectivity index (χ1) is 15.5. The molecular formula is C23H25ClN6O2. The Labute approximate surface area is 191 Å². The molecule has 1 saturated heterocycles. The summed E-state index contributed by atoms with van der Waals surface area (Å²) in [6.07, 6.45) is 2.83. The number of carbonyl (C=O) groups is 2. The molecule has 0 radical (unpaired) electrons. The fourth-order valence-corrected chi connectivity index (χ4v) is 4.09. The van der Waals surface area contributed by atoms with Crippen LogP contribution in [0.5, 0.6) is 0 Å². The number of aromatic nitrogens is 2. The molecule has 2 heterocycles. The second kappa shape index (κ2) is 9.40. The van der Waals surface area contributed by atoms with Crippen LogP contribution in [0.3, 0.4) is 0 Å². The number of halogens is 1. The predicted molar refractivity (Wildman–Crippen MR) is 125 cm³/mol. The van der Waals surface area contributed by atoms with Gasteiger partial charge in [-0.15, -0.1) is 0 Å². The van der Waals surface area contributed by atoms with Crippen molar-refractivity contribution in [3.05, 3.63) is 59.4 Å². The van der Waals surface area contributed by atoms with Crippen LogP contribution in [0.25, 0.3) is 10.9 Å². The van der Waals surface area contributed by atoms with E-state index in [1.54, 1.807) is 34.1 Å². The summed E-state index contributed by atoms with van der Waals surface area (Å²) >= 11 is 5.92. The lowest BCUT2D eigenvalue weighted by atomic mass is 10.0. The zero-order valence-electron chi connectivity index (χ0n) is 17.8. The van der Waals surface area contributed by atoms with E-state index in [2.05, 4.69) is 15.3 Å².